The van der Waals surface area contributed by atoms with Gasteiger partial charge >= 0.3 is 5.97 Å². The van der Waals surface area contributed by atoms with Gasteiger partial charge in [0.15, 0.2) is 15.1 Å². The topological polar surface area (TPSA) is 99.6 Å². The Kier molecular flexibility index (Phi) is 7.95. The molecular formula is C27H22BrClN4O4S2. The maximum atomic E-state index is 13.8. The second-order valence-electron chi connectivity index (χ2n) is 8.95. The Morgan fingerprint density at radius 2 is 2.00 bits per heavy atom. The van der Waals surface area contributed by atoms with E-state index >= 15 is 0 Å². The summed E-state index contributed by atoms with van der Waals surface area (Å²) < 4.78 is 14.2. The molecule has 1 aromatic carbocycles. The molecule has 3 aromatic heterocycles. The van der Waals surface area contributed by atoms with Crippen LogP contribution in [0, 0.1) is 6.92 Å². The van der Waals surface area contributed by atoms with Crippen LogP contribution in [0.5, 0.6) is 0 Å². The van der Waals surface area contributed by atoms with Gasteiger partial charge < -0.3 is 9.15 Å². The number of aryl methyl sites for hydroxylation is 1. The van der Waals surface area contributed by atoms with Crippen molar-refractivity contribution in [3.63, 3.8) is 0 Å². The van der Waals surface area contributed by atoms with Gasteiger partial charge in [0.1, 0.15) is 5.76 Å². The molecule has 0 spiro atoms. The quantitative estimate of drug-likeness (QED) is 0.203. The minimum absolute atomic E-state index is 0.301. The molecule has 0 bridgehead atoms. The van der Waals surface area contributed by atoms with Crippen LogP contribution in [0.3, 0.4) is 0 Å². The molecule has 0 saturated carbocycles. The molecule has 8 nitrogen and oxygen atoms in total. The third-order valence-corrected chi connectivity index (χ3v) is 8.63. The van der Waals surface area contributed by atoms with Crippen molar-refractivity contribution in [3.05, 3.63) is 100 Å². The highest BCUT2D eigenvalue weighted by atomic mass is 79.9. The normalized spacial score (nSPS) is 15.5. The Balaban J connectivity index is 1.60. The summed E-state index contributed by atoms with van der Waals surface area (Å²) in [5.74, 6) is -0.0454. The summed E-state index contributed by atoms with van der Waals surface area (Å²) in [4.78, 5) is 40.7. The second kappa shape index (κ2) is 11.2. The number of furan rings is 1. The van der Waals surface area contributed by atoms with E-state index < -0.39 is 12.0 Å². The number of carbonyl (C=O) groups is 1. The van der Waals surface area contributed by atoms with Gasteiger partial charge in [0, 0.05) is 23.0 Å². The number of hydrogen-bond donors (Lipinski definition) is 0. The zero-order chi connectivity index (χ0) is 27.8. The molecule has 39 heavy (non-hydrogen) atoms. The number of carbonyl (C=O) groups excluding carboxylic acids is 1. The Morgan fingerprint density at radius 3 is 2.69 bits per heavy atom. The third-order valence-electron chi connectivity index (χ3n) is 5.67. The molecule has 1 atom stereocenters. The summed E-state index contributed by atoms with van der Waals surface area (Å²) in [6.45, 7) is 7.19. The average molecular weight is 646 g/mol. The first-order valence-corrected chi connectivity index (χ1v) is 14.7. The molecule has 0 unspecified atom stereocenters. The highest BCUT2D eigenvalue weighted by Gasteiger charge is 2.33. The van der Waals surface area contributed by atoms with Crippen LogP contribution in [0.1, 0.15) is 43.8 Å². The fourth-order valence-corrected chi connectivity index (χ4v) is 6.48. The van der Waals surface area contributed by atoms with Crippen molar-refractivity contribution in [2.75, 3.05) is 0 Å². The Morgan fingerprint density at radius 1 is 1.26 bits per heavy atom. The Bertz CT molecular complexity index is 1790. The van der Waals surface area contributed by atoms with Crippen LogP contribution < -0.4 is 14.9 Å². The minimum atomic E-state index is -0.722. The number of hydrogen-bond acceptors (Lipinski definition) is 9. The van der Waals surface area contributed by atoms with Gasteiger partial charge in [0.2, 0.25) is 0 Å². The first-order chi connectivity index (χ1) is 18.6. The summed E-state index contributed by atoms with van der Waals surface area (Å²) in [6.07, 6.45) is 3.02. The van der Waals surface area contributed by atoms with Gasteiger partial charge in [-0.25, -0.2) is 19.8 Å². The first-order valence-electron chi connectivity index (χ1n) is 11.9. The van der Waals surface area contributed by atoms with Gasteiger partial charge in [-0.1, -0.05) is 35.1 Å². The summed E-state index contributed by atoms with van der Waals surface area (Å²) in [7, 11) is 0. The SMILES string of the molecule is CC1=C(C(=O)OC(C)C)[C@H](c2ccc(Cl)cc2)n2c(s/c(=C/c3cc(Br)c(Sc4nccc(C)n4)o3)c2=O)=N1. The molecule has 0 radical (unpaired) electrons. The highest BCUT2D eigenvalue weighted by molar-refractivity contribution is 9.10. The molecule has 1 aliphatic rings. The maximum absolute atomic E-state index is 13.8. The molecule has 4 aromatic rings. The van der Waals surface area contributed by atoms with Crippen molar-refractivity contribution in [2.24, 2.45) is 4.99 Å². The van der Waals surface area contributed by atoms with Crippen molar-refractivity contribution < 1.29 is 13.9 Å². The highest BCUT2D eigenvalue weighted by Crippen LogP contribution is 2.35. The van der Waals surface area contributed by atoms with E-state index in [-0.39, 0.29) is 11.7 Å². The van der Waals surface area contributed by atoms with Crippen LogP contribution in [-0.2, 0) is 9.53 Å². The number of fused-ring (bicyclic) bond motifs is 1. The first kappa shape index (κ1) is 27.6. The number of ether oxygens (including phenoxy) is 1. The molecule has 0 fully saturated rings. The minimum Gasteiger partial charge on any atom is -0.459 e. The lowest BCUT2D eigenvalue weighted by Crippen LogP contribution is -2.40. The van der Waals surface area contributed by atoms with Gasteiger partial charge in [-0.3, -0.25) is 9.36 Å². The number of benzene rings is 1. The van der Waals surface area contributed by atoms with E-state index in [2.05, 4.69) is 30.9 Å². The molecule has 4 heterocycles. The maximum Gasteiger partial charge on any atom is 0.338 e. The van der Waals surface area contributed by atoms with Crippen LogP contribution in [0.25, 0.3) is 6.08 Å². The number of allylic oxidation sites excluding steroid dienone is 1. The van der Waals surface area contributed by atoms with Crippen LogP contribution >= 0.6 is 50.6 Å². The fraction of sp³-hybridized carbons (Fsp3) is 0.222. The second-order valence-corrected chi connectivity index (χ2v) is 12.2. The molecule has 0 saturated heterocycles. The van der Waals surface area contributed by atoms with Crippen LogP contribution in [0.4, 0.5) is 0 Å². The number of rotatable bonds is 6. The van der Waals surface area contributed by atoms with Gasteiger partial charge in [0.05, 0.1) is 32.4 Å². The van der Waals surface area contributed by atoms with Crippen LogP contribution in [0.15, 0.2) is 82.8 Å². The predicted molar refractivity (Wildman–Crippen MR) is 154 cm³/mol. The van der Waals surface area contributed by atoms with Gasteiger partial charge in [0.25, 0.3) is 5.56 Å². The lowest BCUT2D eigenvalue weighted by Gasteiger charge is -2.25. The van der Waals surface area contributed by atoms with Gasteiger partial charge in [-0.2, -0.15) is 0 Å². The molecular weight excluding hydrogens is 624 g/mol. The number of thiazole rings is 1. The molecule has 0 amide bonds. The Hall–Kier alpha value is -2.99. The van der Waals surface area contributed by atoms with Crippen LogP contribution in [0.2, 0.25) is 5.02 Å². The number of esters is 1. The number of aromatic nitrogens is 3. The summed E-state index contributed by atoms with van der Waals surface area (Å²) in [5, 5.41) is 1.66. The van der Waals surface area contributed by atoms with E-state index in [1.54, 1.807) is 63.4 Å². The smallest absolute Gasteiger partial charge is 0.338 e. The van der Waals surface area contributed by atoms with E-state index in [0.717, 1.165) is 11.3 Å². The molecule has 200 valence electrons. The summed E-state index contributed by atoms with van der Waals surface area (Å²) >= 11 is 12.1. The summed E-state index contributed by atoms with van der Waals surface area (Å²) in [5.41, 5.74) is 2.06. The van der Waals surface area contributed by atoms with Gasteiger partial charge in [-0.15, -0.1) is 0 Å². The van der Waals surface area contributed by atoms with Crippen molar-refractivity contribution in [3.8, 4) is 0 Å². The number of nitrogens with zero attached hydrogens (tertiary/aromatic N) is 4. The van der Waals surface area contributed by atoms with Crippen LogP contribution in [-0.4, -0.2) is 26.6 Å². The van der Waals surface area contributed by atoms with Crippen molar-refractivity contribution in [1.82, 2.24) is 14.5 Å². The summed E-state index contributed by atoms with van der Waals surface area (Å²) in [6, 6.07) is 9.93. The predicted octanol–water partition coefficient (Wildman–Crippen LogP) is 5.45. The zero-order valence-electron chi connectivity index (χ0n) is 21.3. The number of halogens is 2. The lowest BCUT2D eigenvalue weighted by molar-refractivity contribution is -0.143. The molecule has 5 rings (SSSR count). The standard InChI is InChI=1S/C27H22BrClN4O4S2/c1-13(2)36-24(35)21-15(4)32-27-33(22(21)16-5-7-17(29)8-6-16)23(34)20(38-27)12-18-11-19(28)25(37-18)39-26-30-10-9-14(3)31-26/h5-13,22H,1-4H3/b20-12+/t22-/m0/s1. The monoisotopic (exact) mass is 644 g/mol. The largest absolute Gasteiger partial charge is 0.459 e. The van der Waals surface area contributed by atoms with Gasteiger partial charge in [-0.05, 0) is 85.2 Å². The molecule has 1 aliphatic heterocycles. The fourth-order valence-electron chi connectivity index (χ4n) is 4.02. The van der Waals surface area contributed by atoms with Crippen molar-refractivity contribution in [2.45, 2.75) is 50.1 Å². The van der Waals surface area contributed by atoms with Crippen molar-refractivity contribution >= 4 is 62.7 Å². The average Bonchev–Trinajstić information content (AvgIpc) is 3.36. The molecule has 12 heteroatoms. The van der Waals surface area contributed by atoms with E-state index in [4.69, 9.17) is 20.8 Å². The van der Waals surface area contributed by atoms with Crippen molar-refractivity contribution in [1.29, 1.82) is 0 Å². The third kappa shape index (κ3) is 5.81. The van der Waals surface area contributed by atoms with E-state index in [1.165, 1.54) is 27.7 Å². The lowest BCUT2D eigenvalue weighted by atomic mass is 9.96. The van der Waals surface area contributed by atoms with E-state index in [9.17, 15) is 9.59 Å². The Labute approximate surface area is 245 Å². The zero-order valence-corrected chi connectivity index (χ0v) is 25.2. The molecule has 0 aliphatic carbocycles. The van der Waals surface area contributed by atoms with E-state index in [0.29, 0.717) is 46.1 Å². The molecule has 0 N–H and O–H groups in total. The van der Waals surface area contributed by atoms with E-state index in [1.807, 2.05) is 13.0 Å².